The van der Waals surface area contributed by atoms with E-state index in [0.29, 0.717) is 12.8 Å². The minimum atomic E-state index is -1.24. The molecule has 0 bridgehead atoms. The fourth-order valence-electron chi connectivity index (χ4n) is 1.72. The summed E-state index contributed by atoms with van der Waals surface area (Å²) in [5.41, 5.74) is -1.25. The smallest absolute Gasteiger partial charge is 0.354 e. The maximum atomic E-state index is 11.6. The van der Waals surface area contributed by atoms with Gasteiger partial charge in [0.1, 0.15) is 0 Å². The van der Waals surface area contributed by atoms with E-state index < -0.39 is 17.5 Å². The van der Waals surface area contributed by atoms with E-state index in [1.54, 1.807) is 0 Å². The van der Waals surface area contributed by atoms with Crippen LogP contribution in [0.2, 0.25) is 0 Å². The van der Waals surface area contributed by atoms with Crippen molar-refractivity contribution in [2.75, 3.05) is 6.54 Å². The first kappa shape index (κ1) is 11.6. The average Bonchev–Trinajstić information content (AvgIpc) is 2.72. The van der Waals surface area contributed by atoms with Crippen LogP contribution in [0.25, 0.3) is 0 Å². The molecule has 0 radical (unpaired) electrons. The first-order chi connectivity index (χ1) is 8.02. The summed E-state index contributed by atoms with van der Waals surface area (Å²) in [5, 5.41) is 21.1. The molecule has 0 aromatic carbocycles. The Hall–Kier alpha value is -1.89. The number of carboxylic acid groups (broad SMARTS) is 1. The molecule has 1 saturated carbocycles. The lowest BCUT2D eigenvalue weighted by molar-refractivity contribution is -0.0300. The summed E-state index contributed by atoms with van der Waals surface area (Å²) in [6.07, 6.45) is 3.39. The number of carbonyl (C=O) groups is 2. The summed E-state index contributed by atoms with van der Waals surface area (Å²) in [7, 11) is 0. The van der Waals surface area contributed by atoms with E-state index in [1.165, 1.54) is 0 Å². The van der Waals surface area contributed by atoms with Crippen molar-refractivity contribution in [3.63, 3.8) is 0 Å². The summed E-state index contributed by atoms with van der Waals surface area (Å²) in [4.78, 5) is 28.4. The second-order valence-electron chi connectivity index (χ2n) is 4.19. The van der Waals surface area contributed by atoms with Gasteiger partial charge in [-0.25, -0.2) is 9.78 Å². The normalized spacial score (nSPS) is 17.2. The Kier molecular flexibility index (Phi) is 2.84. The number of hydrogen-bond donors (Lipinski definition) is 4. The third-order valence-electron chi connectivity index (χ3n) is 2.93. The van der Waals surface area contributed by atoms with E-state index >= 15 is 0 Å². The fraction of sp³-hybridized carbons (Fsp3) is 0.500. The summed E-state index contributed by atoms with van der Waals surface area (Å²) in [6, 6.07) is 0. The second kappa shape index (κ2) is 4.17. The molecule has 1 aromatic heterocycles. The maximum absolute atomic E-state index is 11.6. The number of nitrogens with zero attached hydrogens (tertiary/aromatic N) is 1. The standard InChI is InChI=1S/C10H13N3O4/c14-8(11-4-10(17)2-1-3-10)6-7(9(15)16)13-5-12-6/h5,17H,1-4H2,(H,11,14)(H,12,13)(H,15,16). The van der Waals surface area contributed by atoms with Crippen LogP contribution in [0.3, 0.4) is 0 Å². The van der Waals surface area contributed by atoms with E-state index in [-0.39, 0.29) is 17.9 Å². The van der Waals surface area contributed by atoms with Gasteiger partial charge in [-0.1, -0.05) is 0 Å². The Balaban J connectivity index is 1.99. The highest BCUT2D eigenvalue weighted by Gasteiger charge is 2.35. The van der Waals surface area contributed by atoms with Crippen LogP contribution in [0.15, 0.2) is 6.33 Å². The minimum Gasteiger partial charge on any atom is -0.477 e. The first-order valence-corrected chi connectivity index (χ1v) is 5.29. The van der Waals surface area contributed by atoms with Gasteiger partial charge in [0.2, 0.25) is 0 Å². The van der Waals surface area contributed by atoms with Crippen LogP contribution >= 0.6 is 0 Å². The number of aromatic amines is 1. The van der Waals surface area contributed by atoms with Gasteiger partial charge in [0.05, 0.1) is 11.9 Å². The Morgan fingerprint density at radius 1 is 1.53 bits per heavy atom. The number of amides is 1. The van der Waals surface area contributed by atoms with Gasteiger partial charge in [-0.3, -0.25) is 4.79 Å². The molecule has 4 N–H and O–H groups in total. The van der Waals surface area contributed by atoms with Gasteiger partial charge in [-0.05, 0) is 19.3 Å². The second-order valence-corrected chi connectivity index (χ2v) is 4.19. The number of H-pyrrole nitrogens is 1. The Morgan fingerprint density at radius 3 is 2.76 bits per heavy atom. The molecule has 2 rings (SSSR count). The summed E-state index contributed by atoms with van der Waals surface area (Å²) in [5.74, 6) is -1.83. The van der Waals surface area contributed by atoms with E-state index in [2.05, 4.69) is 15.3 Å². The van der Waals surface area contributed by atoms with Crippen LogP contribution in [0.4, 0.5) is 0 Å². The number of aromatic nitrogens is 2. The number of nitrogens with one attached hydrogen (secondary N) is 2. The van der Waals surface area contributed by atoms with Crippen LogP contribution in [0, 0.1) is 0 Å². The third kappa shape index (κ3) is 2.28. The molecular formula is C10H13N3O4. The van der Waals surface area contributed by atoms with Crippen LogP contribution in [0.1, 0.15) is 40.2 Å². The van der Waals surface area contributed by atoms with Crippen molar-refractivity contribution in [3.8, 4) is 0 Å². The van der Waals surface area contributed by atoms with E-state index in [1.807, 2.05) is 0 Å². The topological polar surface area (TPSA) is 115 Å². The number of hydrogen-bond acceptors (Lipinski definition) is 4. The molecule has 0 aliphatic heterocycles. The monoisotopic (exact) mass is 239 g/mol. The van der Waals surface area contributed by atoms with E-state index in [4.69, 9.17) is 5.11 Å². The van der Waals surface area contributed by atoms with E-state index in [0.717, 1.165) is 12.7 Å². The van der Waals surface area contributed by atoms with Crippen molar-refractivity contribution in [2.45, 2.75) is 24.9 Å². The van der Waals surface area contributed by atoms with Crippen molar-refractivity contribution in [1.82, 2.24) is 15.3 Å². The molecule has 0 saturated heterocycles. The molecule has 92 valence electrons. The van der Waals surface area contributed by atoms with Gasteiger partial charge in [-0.2, -0.15) is 0 Å². The van der Waals surface area contributed by atoms with Gasteiger partial charge in [0.15, 0.2) is 11.4 Å². The Labute approximate surface area is 96.9 Å². The lowest BCUT2D eigenvalue weighted by Gasteiger charge is -2.36. The van der Waals surface area contributed by atoms with Crippen molar-refractivity contribution >= 4 is 11.9 Å². The van der Waals surface area contributed by atoms with Gasteiger partial charge < -0.3 is 20.5 Å². The zero-order chi connectivity index (χ0) is 12.5. The number of carbonyl (C=O) groups excluding carboxylic acids is 1. The number of carboxylic acids is 1. The SMILES string of the molecule is O=C(NCC1(O)CCC1)c1nc[nH]c1C(=O)O. The quantitative estimate of drug-likeness (QED) is 0.578. The molecule has 0 spiro atoms. The highest BCUT2D eigenvalue weighted by molar-refractivity contribution is 6.02. The van der Waals surface area contributed by atoms with Gasteiger partial charge in [0, 0.05) is 6.54 Å². The molecule has 17 heavy (non-hydrogen) atoms. The number of aromatic carboxylic acids is 1. The zero-order valence-corrected chi connectivity index (χ0v) is 9.06. The highest BCUT2D eigenvalue weighted by Crippen LogP contribution is 2.30. The largest absolute Gasteiger partial charge is 0.477 e. The van der Waals surface area contributed by atoms with Crippen LogP contribution in [-0.2, 0) is 0 Å². The van der Waals surface area contributed by atoms with Gasteiger partial charge in [-0.15, -0.1) is 0 Å². The number of imidazole rings is 1. The molecule has 1 heterocycles. The summed E-state index contributed by atoms with van der Waals surface area (Å²) < 4.78 is 0. The molecule has 0 unspecified atom stereocenters. The van der Waals surface area contributed by atoms with Crippen molar-refractivity contribution in [1.29, 1.82) is 0 Å². The summed E-state index contributed by atoms with van der Waals surface area (Å²) >= 11 is 0. The molecule has 1 aliphatic carbocycles. The number of rotatable bonds is 4. The summed E-state index contributed by atoms with van der Waals surface area (Å²) in [6.45, 7) is 0.123. The average molecular weight is 239 g/mol. The van der Waals surface area contributed by atoms with E-state index in [9.17, 15) is 14.7 Å². The number of aliphatic hydroxyl groups is 1. The fourth-order valence-corrected chi connectivity index (χ4v) is 1.72. The molecule has 1 fully saturated rings. The van der Waals surface area contributed by atoms with Gasteiger partial charge >= 0.3 is 5.97 Å². The Morgan fingerprint density at radius 2 is 2.24 bits per heavy atom. The highest BCUT2D eigenvalue weighted by atomic mass is 16.4. The predicted molar refractivity (Wildman–Crippen MR) is 56.7 cm³/mol. The first-order valence-electron chi connectivity index (χ1n) is 5.29. The van der Waals surface area contributed by atoms with Crippen molar-refractivity contribution < 1.29 is 19.8 Å². The molecule has 0 atom stereocenters. The van der Waals surface area contributed by atoms with Crippen molar-refractivity contribution in [2.24, 2.45) is 0 Å². The third-order valence-corrected chi connectivity index (χ3v) is 2.93. The maximum Gasteiger partial charge on any atom is 0.354 e. The predicted octanol–water partition coefficient (Wildman–Crippen LogP) is -0.247. The lowest BCUT2D eigenvalue weighted by atomic mass is 9.80. The minimum absolute atomic E-state index is 0.123. The zero-order valence-electron chi connectivity index (χ0n) is 9.06. The molecular weight excluding hydrogens is 226 g/mol. The molecule has 1 aliphatic rings. The van der Waals surface area contributed by atoms with Crippen LogP contribution in [-0.4, -0.2) is 44.2 Å². The molecule has 7 heteroatoms. The van der Waals surface area contributed by atoms with Gasteiger partial charge in [0.25, 0.3) is 5.91 Å². The van der Waals surface area contributed by atoms with Crippen LogP contribution in [0.5, 0.6) is 0 Å². The lowest BCUT2D eigenvalue weighted by Crippen LogP contribution is -2.48. The Bertz CT molecular complexity index is 450. The molecule has 7 nitrogen and oxygen atoms in total. The van der Waals surface area contributed by atoms with Crippen molar-refractivity contribution in [3.05, 3.63) is 17.7 Å². The molecule has 1 aromatic rings. The van der Waals surface area contributed by atoms with Crippen LogP contribution < -0.4 is 5.32 Å². The molecule has 1 amide bonds.